The normalized spacial score (nSPS) is 13.9. The summed E-state index contributed by atoms with van der Waals surface area (Å²) in [5, 5.41) is 0. The fourth-order valence-corrected chi connectivity index (χ4v) is 6.90. The van der Waals surface area contributed by atoms with Gasteiger partial charge in [-0.2, -0.15) is 0 Å². The molecule has 0 bridgehead atoms. The van der Waals surface area contributed by atoms with Crippen LogP contribution >= 0.6 is 7.82 Å². The molecule has 0 aromatic carbocycles. The van der Waals surface area contributed by atoms with E-state index in [9.17, 15) is 19.0 Å². The van der Waals surface area contributed by atoms with Crippen LogP contribution in [0.3, 0.4) is 0 Å². The van der Waals surface area contributed by atoms with Crippen molar-refractivity contribution in [1.29, 1.82) is 0 Å². The van der Waals surface area contributed by atoms with Crippen LogP contribution in [0.2, 0.25) is 0 Å². The second-order valence-corrected chi connectivity index (χ2v) is 16.7. The van der Waals surface area contributed by atoms with Crippen molar-refractivity contribution >= 4 is 19.8 Å². The van der Waals surface area contributed by atoms with Gasteiger partial charge in [-0.3, -0.25) is 18.6 Å². The highest BCUT2D eigenvalue weighted by Gasteiger charge is 2.26. The molecule has 0 rings (SSSR count). The van der Waals surface area contributed by atoms with Crippen LogP contribution in [0.1, 0.15) is 194 Å². The van der Waals surface area contributed by atoms with Crippen LogP contribution in [0, 0.1) is 0 Å². The predicted octanol–water partition coefficient (Wildman–Crippen LogP) is 13.8. The van der Waals surface area contributed by atoms with E-state index in [-0.39, 0.29) is 32.6 Å². The number of nitrogens with two attached hydrogens (primary N) is 1. The van der Waals surface area contributed by atoms with E-state index in [0.717, 1.165) is 57.8 Å². The third kappa shape index (κ3) is 44.8. The first-order chi connectivity index (χ1) is 28.8. The van der Waals surface area contributed by atoms with Crippen molar-refractivity contribution in [2.75, 3.05) is 26.4 Å². The van der Waals surface area contributed by atoms with Crippen LogP contribution in [0.25, 0.3) is 0 Å². The third-order valence-electron chi connectivity index (χ3n) is 9.58. The van der Waals surface area contributed by atoms with Crippen LogP contribution in [0.5, 0.6) is 0 Å². The Kier molecular flexibility index (Phi) is 43.0. The Bertz CT molecular complexity index is 1190. The molecule has 0 aliphatic rings. The van der Waals surface area contributed by atoms with Crippen molar-refractivity contribution in [2.24, 2.45) is 5.73 Å². The number of ether oxygens (including phenoxy) is 2. The van der Waals surface area contributed by atoms with E-state index in [2.05, 4.69) is 80.7 Å². The van der Waals surface area contributed by atoms with E-state index in [1.54, 1.807) is 0 Å². The van der Waals surface area contributed by atoms with Gasteiger partial charge in [-0.25, -0.2) is 4.57 Å². The van der Waals surface area contributed by atoms with Crippen molar-refractivity contribution < 1.29 is 37.6 Å². The molecular weight excluding hydrogens is 762 g/mol. The topological polar surface area (TPSA) is 134 Å². The lowest BCUT2D eigenvalue weighted by Crippen LogP contribution is -2.29. The molecule has 0 fully saturated rings. The third-order valence-corrected chi connectivity index (χ3v) is 10.6. The number of carbonyl (C=O) groups is 2. The lowest BCUT2D eigenvalue weighted by Gasteiger charge is -2.19. The lowest BCUT2D eigenvalue weighted by molar-refractivity contribution is -0.161. The number of phosphoric acid groups is 1. The number of hydrogen-bond donors (Lipinski definition) is 2. The summed E-state index contributed by atoms with van der Waals surface area (Å²) in [6.45, 7) is 3.55. The molecule has 10 heteroatoms. The van der Waals surface area contributed by atoms with Gasteiger partial charge in [0.15, 0.2) is 6.10 Å². The average Bonchev–Trinajstić information content (AvgIpc) is 3.22. The molecular formula is C49H86NO8P. The molecule has 0 saturated heterocycles. The number of hydrogen-bond acceptors (Lipinski definition) is 8. The van der Waals surface area contributed by atoms with E-state index in [0.29, 0.717) is 12.8 Å². The van der Waals surface area contributed by atoms with Crippen LogP contribution in [-0.2, 0) is 32.7 Å². The standard InChI is InChI=1S/C49H86NO8P/c1-3-5-7-9-11-13-15-17-19-21-22-23-24-26-28-30-32-34-36-38-40-42-49(52)58-47(46-57-59(53,54)56-44-43-50)45-55-48(51)41-39-37-35-33-31-29-27-25-20-18-16-14-12-10-8-6-4-2/h6,8,12,14,17-20,27,29,33,35,47H,3-5,7,9-11,13,15-16,21-26,28,30-32,34,36-46,50H2,1-2H3,(H,53,54)/t47-/m1/s1. The molecule has 9 nitrogen and oxygen atoms in total. The van der Waals surface area contributed by atoms with Gasteiger partial charge in [0.25, 0.3) is 0 Å². The molecule has 0 heterocycles. The molecule has 0 aliphatic heterocycles. The second-order valence-electron chi connectivity index (χ2n) is 15.2. The average molecular weight is 848 g/mol. The van der Waals surface area contributed by atoms with Gasteiger partial charge in [-0.05, 0) is 77.0 Å². The van der Waals surface area contributed by atoms with Gasteiger partial charge in [0, 0.05) is 19.4 Å². The zero-order valence-electron chi connectivity index (χ0n) is 37.5. The first-order valence-electron chi connectivity index (χ1n) is 23.4. The smallest absolute Gasteiger partial charge is 0.462 e. The maximum absolute atomic E-state index is 12.6. The zero-order valence-corrected chi connectivity index (χ0v) is 38.4. The largest absolute Gasteiger partial charge is 0.472 e. The summed E-state index contributed by atoms with van der Waals surface area (Å²) in [7, 11) is -4.40. The number of phosphoric ester groups is 1. The Labute approximate surface area is 361 Å². The van der Waals surface area contributed by atoms with E-state index >= 15 is 0 Å². The molecule has 0 saturated carbocycles. The first-order valence-corrected chi connectivity index (χ1v) is 24.9. The summed E-state index contributed by atoms with van der Waals surface area (Å²) < 4.78 is 32.8. The van der Waals surface area contributed by atoms with Crippen LogP contribution in [0.4, 0.5) is 0 Å². The van der Waals surface area contributed by atoms with Gasteiger partial charge < -0.3 is 20.1 Å². The number of unbranched alkanes of at least 4 members (excludes halogenated alkanes) is 18. The number of esters is 2. The molecule has 340 valence electrons. The molecule has 0 spiro atoms. The minimum atomic E-state index is -4.40. The van der Waals surface area contributed by atoms with Crippen molar-refractivity contribution in [1.82, 2.24) is 0 Å². The molecule has 0 aromatic rings. The first kappa shape index (κ1) is 56.5. The summed E-state index contributed by atoms with van der Waals surface area (Å²) in [5.41, 5.74) is 5.35. The minimum Gasteiger partial charge on any atom is -0.462 e. The Morgan fingerprint density at radius 3 is 1.46 bits per heavy atom. The Hall–Kier alpha value is -2.55. The van der Waals surface area contributed by atoms with Crippen LogP contribution in [-0.4, -0.2) is 49.3 Å². The highest BCUT2D eigenvalue weighted by atomic mass is 31.2. The quantitative estimate of drug-likeness (QED) is 0.0266. The van der Waals surface area contributed by atoms with Crippen molar-refractivity contribution in [3.63, 3.8) is 0 Å². The van der Waals surface area contributed by atoms with Crippen molar-refractivity contribution in [3.05, 3.63) is 72.9 Å². The number of rotatable bonds is 43. The Morgan fingerprint density at radius 2 is 0.949 bits per heavy atom. The Balaban J connectivity index is 4.18. The molecule has 0 radical (unpaired) electrons. The van der Waals surface area contributed by atoms with E-state index in [1.165, 1.54) is 96.3 Å². The second kappa shape index (κ2) is 45.0. The lowest BCUT2D eigenvalue weighted by atomic mass is 10.0. The summed E-state index contributed by atoms with van der Waals surface area (Å²) >= 11 is 0. The van der Waals surface area contributed by atoms with Crippen LogP contribution in [0.15, 0.2) is 72.9 Å². The molecule has 0 amide bonds. The molecule has 3 N–H and O–H groups in total. The molecule has 2 atom stereocenters. The fourth-order valence-electron chi connectivity index (χ4n) is 6.14. The number of allylic oxidation sites excluding steroid dienone is 12. The van der Waals surface area contributed by atoms with Gasteiger partial charge >= 0.3 is 19.8 Å². The Morgan fingerprint density at radius 1 is 0.525 bits per heavy atom. The zero-order chi connectivity index (χ0) is 43.2. The molecule has 0 aromatic heterocycles. The monoisotopic (exact) mass is 848 g/mol. The summed E-state index contributed by atoms with van der Waals surface area (Å²) in [4.78, 5) is 34.9. The minimum absolute atomic E-state index is 0.0429. The predicted molar refractivity (Wildman–Crippen MR) is 247 cm³/mol. The number of carbonyl (C=O) groups excluding carboxylic acids is 2. The highest BCUT2D eigenvalue weighted by Crippen LogP contribution is 2.43. The van der Waals surface area contributed by atoms with Gasteiger partial charge in [0.2, 0.25) is 0 Å². The maximum Gasteiger partial charge on any atom is 0.472 e. The maximum atomic E-state index is 12.6. The van der Waals surface area contributed by atoms with E-state index in [4.69, 9.17) is 24.3 Å². The molecule has 0 aliphatic carbocycles. The summed E-state index contributed by atoms with van der Waals surface area (Å²) in [6.07, 6.45) is 55.1. The van der Waals surface area contributed by atoms with Gasteiger partial charge in [0.1, 0.15) is 6.61 Å². The summed E-state index contributed by atoms with van der Waals surface area (Å²) in [6, 6.07) is 0. The van der Waals surface area contributed by atoms with Gasteiger partial charge in [-0.1, -0.05) is 177 Å². The molecule has 59 heavy (non-hydrogen) atoms. The van der Waals surface area contributed by atoms with E-state index < -0.39 is 32.5 Å². The van der Waals surface area contributed by atoms with Gasteiger partial charge in [0.05, 0.1) is 13.2 Å². The summed E-state index contributed by atoms with van der Waals surface area (Å²) in [5.74, 6) is -0.899. The fraction of sp³-hybridized carbons (Fsp3) is 0.714. The van der Waals surface area contributed by atoms with Gasteiger partial charge in [-0.15, -0.1) is 0 Å². The van der Waals surface area contributed by atoms with E-state index in [1.807, 2.05) is 6.08 Å². The van der Waals surface area contributed by atoms with Crippen molar-refractivity contribution in [3.8, 4) is 0 Å². The SMILES string of the molecule is CCC=CCC=CCC=CCC=CCC=CCCCC(=O)OC[C@H](COP(=O)(O)OCCN)OC(=O)CCCCCCCCCCCCCC=CCCCCCCCC. The highest BCUT2D eigenvalue weighted by molar-refractivity contribution is 7.47. The van der Waals surface area contributed by atoms with Crippen LogP contribution < -0.4 is 5.73 Å². The van der Waals surface area contributed by atoms with Crippen molar-refractivity contribution in [2.45, 2.75) is 200 Å². The molecule has 1 unspecified atom stereocenters.